The van der Waals surface area contributed by atoms with Crippen LogP contribution in [0.5, 0.6) is 0 Å². The largest absolute Gasteiger partial charge is 0.394 e. The van der Waals surface area contributed by atoms with E-state index in [1.807, 2.05) is 18.9 Å². The molecule has 0 aliphatic carbocycles. The first-order valence-electron chi connectivity index (χ1n) is 6.13. The second-order valence-corrected chi connectivity index (χ2v) is 4.74. The van der Waals surface area contributed by atoms with Gasteiger partial charge >= 0.3 is 0 Å². The molecule has 0 aromatic rings. The summed E-state index contributed by atoms with van der Waals surface area (Å²) in [5.74, 6) is -0.0830. The Labute approximate surface area is 111 Å². The highest BCUT2D eigenvalue weighted by Crippen LogP contribution is 2.18. The highest BCUT2D eigenvalue weighted by Gasteiger charge is 2.11. The fourth-order valence-corrected chi connectivity index (χ4v) is 1.53. The van der Waals surface area contributed by atoms with E-state index < -0.39 is 0 Å². The molecule has 0 aromatic carbocycles. The van der Waals surface area contributed by atoms with E-state index in [1.165, 1.54) is 5.57 Å². The maximum absolute atomic E-state index is 7.44. The van der Waals surface area contributed by atoms with Crippen molar-refractivity contribution < 1.29 is 0 Å². The van der Waals surface area contributed by atoms with Crippen molar-refractivity contribution in [3.05, 3.63) is 35.3 Å². The minimum atomic E-state index is -0.0830. The lowest BCUT2D eigenvalue weighted by molar-refractivity contribution is 0.486. The molecule has 0 atom stereocenters. The lowest BCUT2D eigenvalue weighted by Crippen LogP contribution is -2.27. The van der Waals surface area contributed by atoms with E-state index in [1.54, 1.807) is 0 Å². The normalized spacial score (nSPS) is 11.6. The van der Waals surface area contributed by atoms with Crippen LogP contribution in [-0.2, 0) is 0 Å². The van der Waals surface area contributed by atoms with E-state index >= 15 is 0 Å². The van der Waals surface area contributed by atoms with Crippen LogP contribution in [-0.4, -0.2) is 17.8 Å². The fourth-order valence-electron chi connectivity index (χ4n) is 1.53. The Morgan fingerprint density at radius 1 is 1.28 bits per heavy atom. The van der Waals surface area contributed by atoms with Crippen LogP contribution in [0.15, 0.2) is 35.3 Å². The number of allylic oxidation sites excluding steroid dienone is 4. The Balaban J connectivity index is 4.81. The van der Waals surface area contributed by atoms with E-state index in [0.29, 0.717) is 5.70 Å². The van der Waals surface area contributed by atoms with Crippen LogP contribution in [0.3, 0.4) is 0 Å². The summed E-state index contributed by atoms with van der Waals surface area (Å²) in [4.78, 5) is 1.90. The summed E-state index contributed by atoms with van der Waals surface area (Å²) in [5, 5.41) is 7.44. The minimum absolute atomic E-state index is 0.0830. The predicted octanol–water partition coefficient (Wildman–Crippen LogP) is 2.69. The Hall–Kier alpha value is -1.71. The number of nitrogens with one attached hydrogen (secondary N) is 1. The van der Waals surface area contributed by atoms with Crippen LogP contribution in [0.4, 0.5) is 0 Å². The second kappa shape index (κ2) is 7.58. The summed E-state index contributed by atoms with van der Waals surface area (Å²) in [5.41, 5.74) is 14.7. The molecular weight excluding hydrogens is 224 g/mol. The zero-order chi connectivity index (χ0) is 14.3. The molecular formula is C14H26N4. The van der Waals surface area contributed by atoms with Gasteiger partial charge in [-0.15, -0.1) is 0 Å². The van der Waals surface area contributed by atoms with Gasteiger partial charge in [0.1, 0.15) is 5.84 Å². The first kappa shape index (κ1) is 16.3. The highest BCUT2D eigenvalue weighted by atomic mass is 15.1. The van der Waals surface area contributed by atoms with Crippen molar-refractivity contribution in [3.63, 3.8) is 0 Å². The van der Waals surface area contributed by atoms with Crippen LogP contribution in [0.1, 0.15) is 40.0 Å². The number of rotatable bonds is 7. The molecule has 0 heterocycles. The van der Waals surface area contributed by atoms with Gasteiger partial charge in [-0.2, -0.15) is 0 Å². The minimum Gasteiger partial charge on any atom is -0.394 e. The van der Waals surface area contributed by atoms with Crippen LogP contribution in [0.2, 0.25) is 0 Å². The third-order valence-corrected chi connectivity index (χ3v) is 2.75. The molecule has 0 aromatic heterocycles. The van der Waals surface area contributed by atoms with Gasteiger partial charge in [-0.05, 0) is 40.0 Å². The van der Waals surface area contributed by atoms with E-state index in [2.05, 4.69) is 26.5 Å². The predicted molar refractivity (Wildman–Crippen MR) is 79.0 cm³/mol. The van der Waals surface area contributed by atoms with Gasteiger partial charge in [-0.1, -0.05) is 18.2 Å². The van der Waals surface area contributed by atoms with Gasteiger partial charge in [0.05, 0.1) is 5.70 Å². The van der Waals surface area contributed by atoms with E-state index in [0.717, 1.165) is 30.7 Å². The van der Waals surface area contributed by atoms with E-state index in [4.69, 9.17) is 16.9 Å². The quantitative estimate of drug-likeness (QED) is 0.281. The molecule has 102 valence electrons. The summed E-state index contributed by atoms with van der Waals surface area (Å²) < 4.78 is 0. The Bertz CT molecular complexity index is 373. The molecule has 0 fully saturated rings. The number of nitrogens with zero attached hydrogens (tertiary/aromatic N) is 1. The lowest BCUT2D eigenvalue weighted by atomic mass is 10.1. The van der Waals surface area contributed by atoms with E-state index in [9.17, 15) is 0 Å². The molecule has 0 bridgehead atoms. The average molecular weight is 250 g/mol. The first-order chi connectivity index (χ1) is 8.27. The molecule has 0 aliphatic heterocycles. The number of unbranched alkanes of at least 4 members (excludes halogenated alkanes) is 1. The first-order valence-corrected chi connectivity index (χ1v) is 6.13. The Morgan fingerprint density at radius 2 is 1.83 bits per heavy atom. The topological polar surface area (TPSA) is 79.1 Å². The zero-order valence-electron chi connectivity index (χ0n) is 12.0. The monoisotopic (exact) mass is 250 g/mol. The van der Waals surface area contributed by atoms with Crippen molar-refractivity contribution in [2.75, 3.05) is 7.05 Å². The lowest BCUT2D eigenvalue weighted by Gasteiger charge is -2.24. The van der Waals surface area contributed by atoms with Gasteiger partial charge < -0.3 is 16.4 Å². The molecule has 0 saturated carbocycles. The fraction of sp³-hybridized carbons (Fsp3) is 0.500. The molecule has 0 rings (SSSR count). The Kier molecular flexibility index (Phi) is 6.86. The summed E-state index contributed by atoms with van der Waals surface area (Å²) in [6, 6.07) is 0. The number of hydrogen-bond donors (Lipinski definition) is 3. The number of hydrogen-bond acceptors (Lipinski definition) is 3. The maximum atomic E-state index is 7.44. The SMILES string of the molecule is C=C(C)N(C)/C(CCCC=C(C)C)=C(\N)C(=N)N. The van der Waals surface area contributed by atoms with Gasteiger partial charge in [0.15, 0.2) is 0 Å². The second-order valence-electron chi connectivity index (χ2n) is 4.74. The highest BCUT2D eigenvalue weighted by molar-refractivity contribution is 5.94. The van der Waals surface area contributed by atoms with Gasteiger partial charge in [-0.3, -0.25) is 5.41 Å². The average Bonchev–Trinajstić information content (AvgIpc) is 2.26. The van der Waals surface area contributed by atoms with Crippen molar-refractivity contribution in [2.24, 2.45) is 11.5 Å². The molecule has 4 heteroatoms. The molecule has 5 N–H and O–H groups in total. The van der Waals surface area contributed by atoms with Crippen molar-refractivity contribution in [1.82, 2.24) is 4.90 Å². The van der Waals surface area contributed by atoms with Gasteiger partial charge in [0, 0.05) is 18.4 Å². The molecule has 4 nitrogen and oxygen atoms in total. The molecule has 0 saturated heterocycles. The molecule has 0 radical (unpaired) electrons. The smallest absolute Gasteiger partial charge is 0.140 e. The third kappa shape index (κ3) is 5.57. The van der Waals surface area contributed by atoms with Crippen LogP contribution in [0, 0.1) is 5.41 Å². The van der Waals surface area contributed by atoms with Crippen LogP contribution in [0.25, 0.3) is 0 Å². The molecule has 18 heavy (non-hydrogen) atoms. The third-order valence-electron chi connectivity index (χ3n) is 2.75. The van der Waals surface area contributed by atoms with Crippen LogP contribution >= 0.6 is 0 Å². The molecule has 0 amide bonds. The maximum Gasteiger partial charge on any atom is 0.140 e. The summed E-state index contributed by atoms with van der Waals surface area (Å²) in [6.45, 7) is 9.96. The van der Waals surface area contributed by atoms with Crippen molar-refractivity contribution in [3.8, 4) is 0 Å². The number of nitrogens with two attached hydrogens (primary N) is 2. The van der Waals surface area contributed by atoms with Gasteiger partial charge in [0.25, 0.3) is 0 Å². The van der Waals surface area contributed by atoms with Crippen LogP contribution < -0.4 is 11.5 Å². The summed E-state index contributed by atoms with van der Waals surface area (Å²) >= 11 is 0. The standard InChI is InChI=1S/C14H26N4/c1-10(2)8-6-7-9-12(13(15)14(16)17)18(5)11(3)4/h8H,3,6-7,9,15H2,1-2,4-5H3,(H3,16,17)/b13-12-. The van der Waals surface area contributed by atoms with Gasteiger partial charge in [-0.25, -0.2) is 0 Å². The molecule has 0 unspecified atom stereocenters. The van der Waals surface area contributed by atoms with E-state index in [-0.39, 0.29) is 5.84 Å². The zero-order valence-corrected chi connectivity index (χ0v) is 12.0. The molecule has 0 aliphatic rings. The molecule has 0 spiro atoms. The number of amidine groups is 1. The van der Waals surface area contributed by atoms with Crippen molar-refractivity contribution >= 4 is 5.84 Å². The van der Waals surface area contributed by atoms with Crippen molar-refractivity contribution in [1.29, 1.82) is 5.41 Å². The van der Waals surface area contributed by atoms with Crippen molar-refractivity contribution in [2.45, 2.75) is 40.0 Å². The summed E-state index contributed by atoms with van der Waals surface area (Å²) in [6.07, 6.45) is 4.97. The van der Waals surface area contributed by atoms with Gasteiger partial charge in [0.2, 0.25) is 0 Å². The summed E-state index contributed by atoms with van der Waals surface area (Å²) in [7, 11) is 1.90. The Morgan fingerprint density at radius 3 is 2.22 bits per heavy atom.